The number of rotatable bonds is 8. The Morgan fingerprint density at radius 2 is 1.93 bits per heavy atom. The standard InChI is InChI=1S/C20H28N4O3/c1-4-21-18(25)16-9-6-8-15(12-16)13-23-19(22-5-2)24-14-20(3,26)17-10-7-11-27-17/h6-12,26H,4-5,13-14H2,1-3H3,(H,21,25)(H2,22,23,24). The summed E-state index contributed by atoms with van der Waals surface area (Å²) in [5.74, 6) is 0.969. The number of hydrogen-bond donors (Lipinski definition) is 4. The third-order valence-electron chi connectivity index (χ3n) is 3.94. The molecule has 0 aliphatic heterocycles. The van der Waals surface area contributed by atoms with Gasteiger partial charge >= 0.3 is 0 Å². The number of amides is 1. The van der Waals surface area contributed by atoms with Crippen LogP contribution in [0.4, 0.5) is 0 Å². The van der Waals surface area contributed by atoms with Gasteiger partial charge in [-0.05, 0) is 50.6 Å². The summed E-state index contributed by atoms with van der Waals surface area (Å²) >= 11 is 0. The largest absolute Gasteiger partial charge is 0.466 e. The number of carbonyl (C=O) groups is 1. The summed E-state index contributed by atoms with van der Waals surface area (Å²) in [6, 6.07) is 10.9. The molecular formula is C20H28N4O3. The van der Waals surface area contributed by atoms with Crippen molar-refractivity contribution in [2.75, 3.05) is 19.6 Å². The number of aliphatic imine (C=N–C) groups is 1. The SMILES string of the molecule is CCNC(=O)c1cccc(CN=C(NCC)NCC(C)(O)c2ccco2)c1. The Morgan fingerprint density at radius 1 is 1.15 bits per heavy atom. The highest BCUT2D eigenvalue weighted by atomic mass is 16.4. The molecule has 7 nitrogen and oxygen atoms in total. The zero-order chi connectivity index (χ0) is 19.7. The molecule has 27 heavy (non-hydrogen) atoms. The van der Waals surface area contributed by atoms with Crippen LogP contribution in [0, 0.1) is 0 Å². The van der Waals surface area contributed by atoms with Gasteiger partial charge in [0.15, 0.2) is 5.96 Å². The van der Waals surface area contributed by atoms with E-state index in [4.69, 9.17) is 4.42 Å². The van der Waals surface area contributed by atoms with Crippen LogP contribution in [0.5, 0.6) is 0 Å². The maximum Gasteiger partial charge on any atom is 0.251 e. The molecular weight excluding hydrogens is 344 g/mol. The second-order valence-corrected chi connectivity index (χ2v) is 6.36. The molecule has 0 fully saturated rings. The van der Waals surface area contributed by atoms with E-state index in [9.17, 15) is 9.90 Å². The zero-order valence-corrected chi connectivity index (χ0v) is 16.1. The quantitative estimate of drug-likeness (QED) is 0.420. The fourth-order valence-electron chi connectivity index (χ4n) is 2.51. The lowest BCUT2D eigenvalue weighted by Gasteiger charge is -2.22. The van der Waals surface area contributed by atoms with Crippen molar-refractivity contribution in [3.8, 4) is 0 Å². The average Bonchev–Trinajstić information content (AvgIpc) is 3.20. The molecule has 0 aliphatic rings. The van der Waals surface area contributed by atoms with Crippen LogP contribution in [0.2, 0.25) is 0 Å². The van der Waals surface area contributed by atoms with Gasteiger partial charge in [-0.3, -0.25) is 4.79 Å². The molecule has 0 radical (unpaired) electrons. The van der Waals surface area contributed by atoms with Gasteiger partial charge in [0.25, 0.3) is 5.91 Å². The maximum atomic E-state index is 12.0. The van der Waals surface area contributed by atoms with Crippen molar-refractivity contribution in [1.82, 2.24) is 16.0 Å². The molecule has 1 aromatic carbocycles. The number of nitrogens with one attached hydrogen (secondary N) is 3. The van der Waals surface area contributed by atoms with Crippen molar-refractivity contribution < 1.29 is 14.3 Å². The first-order valence-corrected chi connectivity index (χ1v) is 9.12. The summed E-state index contributed by atoms with van der Waals surface area (Å²) in [4.78, 5) is 16.5. The van der Waals surface area contributed by atoms with Gasteiger partial charge in [0.05, 0.1) is 19.4 Å². The Balaban J connectivity index is 2.03. The molecule has 4 N–H and O–H groups in total. The highest BCUT2D eigenvalue weighted by molar-refractivity contribution is 5.94. The first-order valence-electron chi connectivity index (χ1n) is 9.12. The number of furan rings is 1. The van der Waals surface area contributed by atoms with Gasteiger partial charge in [-0.15, -0.1) is 0 Å². The average molecular weight is 372 g/mol. The number of nitrogens with zero attached hydrogens (tertiary/aromatic N) is 1. The number of hydrogen-bond acceptors (Lipinski definition) is 4. The van der Waals surface area contributed by atoms with Crippen molar-refractivity contribution in [3.63, 3.8) is 0 Å². The molecule has 0 saturated carbocycles. The van der Waals surface area contributed by atoms with Crippen LogP contribution < -0.4 is 16.0 Å². The topological polar surface area (TPSA) is 98.9 Å². The van der Waals surface area contributed by atoms with Gasteiger partial charge in [0.2, 0.25) is 0 Å². The van der Waals surface area contributed by atoms with Crippen molar-refractivity contribution >= 4 is 11.9 Å². The summed E-state index contributed by atoms with van der Waals surface area (Å²) < 4.78 is 5.29. The van der Waals surface area contributed by atoms with E-state index in [-0.39, 0.29) is 12.5 Å². The van der Waals surface area contributed by atoms with Crippen molar-refractivity contribution in [2.24, 2.45) is 4.99 Å². The number of carbonyl (C=O) groups excluding carboxylic acids is 1. The van der Waals surface area contributed by atoms with Crippen LogP contribution in [-0.4, -0.2) is 36.6 Å². The lowest BCUT2D eigenvalue weighted by molar-refractivity contribution is 0.0386. The fraction of sp³-hybridized carbons (Fsp3) is 0.400. The zero-order valence-electron chi connectivity index (χ0n) is 16.1. The Morgan fingerprint density at radius 3 is 2.59 bits per heavy atom. The van der Waals surface area contributed by atoms with E-state index in [2.05, 4.69) is 20.9 Å². The van der Waals surface area contributed by atoms with Crippen LogP contribution in [0.25, 0.3) is 0 Å². The normalized spacial score (nSPS) is 13.7. The van der Waals surface area contributed by atoms with Gasteiger partial charge in [-0.2, -0.15) is 0 Å². The molecule has 1 aromatic heterocycles. The van der Waals surface area contributed by atoms with E-state index < -0.39 is 5.60 Å². The second-order valence-electron chi connectivity index (χ2n) is 6.36. The third-order valence-corrected chi connectivity index (χ3v) is 3.94. The summed E-state index contributed by atoms with van der Waals surface area (Å²) in [5.41, 5.74) is 0.384. The Kier molecular flexibility index (Phi) is 7.43. The van der Waals surface area contributed by atoms with E-state index in [0.29, 0.717) is 36.9 Å². The molecule has 1 heterocycles. The summed E-state index contributed by atoms with van der Waals surface area (Å²) in [5, 5.41) is 19.6. The van der Waals surface area contributed by atoms with Gasteiger partial charge < -0.3 is 25.5 Å². The van der Waals surface area contributed by atoms with Gasteiger partial charge in [-0.25, -0.2) is 4.99 Å². The molecule has 0 spiro atoms. The molecule has 1 amide bonds. The molecule has 1 unspecified atom stereocenters. The van der Waals surface area contributed by atoms with E-state index in [1.165, 1.54) is 6.26 Å². The first-order chi connectivity index (χ1) is 13.0. The van der Waals surface area contributed by atoms with E-state index >= 15 is 0 Å². The summed E-state index contributed by atoms with van der Waals surface area (Å²) in [6.07, 6.45) is 1.53. The smallest absolute Gasteiger partial charge is 0.251 e. The Labute approximate surface area is 159 Å². The highest BCUT2D eigenvalue weighted by Crippen LogP contribution is 2.19. The van der Waals surface area contributed by atoms with Crippen LogP contribution in [0.15, 0.2) is 52.1 Å². The van der Waals surface area contributed by atoms with E-state index in [0.717, 1.165) is 5.56 Å². The van der Waals surface area contributed by atoms with Crippen molar-refractivity contribution in [3.05, 3.63) is 59.5 Å². The van der Waals surface area contributed by atoms with Gasteiger partial charge in [0, 0.05) is 18.7 Å². The highest BCUT2D eigenvalue weighted by Gasteiger charge is 2.26. The molecule has 2 rings (SSSR count). The predicted molar refractivity (Wildman–Crippen MR) is 106 cm³/mol. The molecule has 7 heteroatoms. The number of aliphatic hydroxyl groups is 1. The van der Waals surface area contributed by atoms with Crippen LogP contribution in [0.1, 0.15) is 42.5 Å². The van der Waals surface area contributed by atoms with Crippen LogP contribution in [0.3, 0.4) is 0 Å². The Bertz CT molecular complexity index is 754. The molecule has 0 bridgehead atoms. The molecule has 1 atom stereocenters. The second kappa shape index (κ2) is 9.78. The van der Waals surface area contributed by atoms with Crippen LogP contribution in [-0.2, 0) is 12.1 Å². The van der Waals surface area contributed by atoms with Gasteiger partial charge in [-0.1, -0.05) is 12.1 Å². The van der Waals surface area contributed by atoms with Gasteiger partial charge in [0.1, 0.15) is 11.4 Å². The minimum Gasteiger partial charge on any atom is -0.466 e. The third kappa shape index (κ3) is 6.14. The maximum absolute atomic E-state index is 12.0. The molecule has 0 aliphatic carbocycles. The minimum absolute atomic E-state index is 0.0946. The van der Waals surface area contributed by atoms with Crippen molar-refractivity contribution in [1.29, 1.82) is 0 Å². The van der Waals surface area contributed by atoms with E-state index in [1.54, 1.807) is 25.1 Å². The monoisotopic (exact) mass is 372 g/mol. The molecule has 2 aromatic rings. The Hall–Kier alpha value is -2.80. The van der Waals surface area contributed by atoms with Crippen LogP contribution >= 0.6 is 0 Å². The molecule has 0 saturated heterocycles. The van der Waals surface area contributed by atoms with E-state index in [1.807, 2.05) is 32.0 Å². The minimum atomic E-state index is -1.15. The first kappa shape index (κ1) is 20.5. The predicted octanol–water partition coefficient (Wildman–Crippen LogP) is 1.99. The lowest BCUT2D eigenvalue weighted by Crippen LogP contribution is -2.44. The summed E-state index contributed by atoms with van der Waals surface area (Å²) in [7, 11) is 0. The summed E-state index contributed by atoms with van der Waals surface area (Å²) in [6.45, 7) is 7.46. The van der Waals surface area contributed by atoms with Crippen molar-refractivity contribution in [2.45, 2.75) is 32.9 Å². The number of benzene rings is 1. The lowest BCUT2D eigenvalue weighted by atomic mass is 10.0. The number of guanidine groups is 1. The fourth-order valence-corrected chi connectivity index (χ4v) is 2.51. The molecule has 146 valence electrons.